The number of aryl methyl sites for hydroxylation is 1. The molecule has 0 atom stereocenters. The van der Waals surface area contributed by atoms with Crippen LogP contribution in [0.4, 0.5) is 0 Å². The molecule has 0 spiro atoms. The predicted molar refractivity (Wildman–Crippen MR) is 126 cm³/mol. The summed E-state index contributed by atoms with van der Waals surface area (Å²) < 4.78 is 12.8. The summed E-state index contributed by atoms with van der Waals surface area (Å²) in [5.41, 5.74) is 5.51. The van der Waals surface area contributed by atoms with E-state index in [2.05, 4.69) is 20.7 Å². The first kappa shape index (κ1) is 23.3. The van der Waals surface area contributed by atoms with Gasteiger partial charge in [0, 0.05) is 12.1 Å². The van der Waals surface area contributed by atoms with Gasteiger partial charge in [0.2, 0.25) is 0 Å². The van der Waals surface area contributed by atoms with Crippen LogP contribution in [0, 0.1) is 6.92 Å². The molecule has 9 heteroatoms. The summed E-state index contributed by atoms with van der Waals surface area (Å²) in [7, 11) is 1.58. The van der Waals surface area contributed by atoms with Crippen LogP contribution >= 0.6 is 11.8 Å². The molecule has 0 saturated carbocycles. The van der Waals surface area contributed by atoms with E-state index in [0.717, 1.165) is 17.0 Å². The smallest absolute Gasteiger partial charge is 0.250 e. The number of thioether (sulfide) groups is 1. The van der Waals surface area contributed by atoms with Crippen LogP contribution in [0.3, 0.4) is 0 Å². The van der Waals surface area contributed by atoms with Gasteiger partial charge in [-0.1, -0.05) is 41.6 Å². The lowest BCUT2D eigenvalue weighted by Crippen LogP contribution is -2.20. The third kappa shape index (κ3) is 5.88. The van der Waals surface area contributed by atoms with Crippen LogP contribution in [0.15, 0.2) is 52.7 Å². The third-order valence-electron chi connectivity index (χ3n) is 4.57. The van der Waals surface area contributed by atoms with Crippen molar-refractivity contribution >= 4 is 23.9 Å². The van der Waals surface area contributed by atoms with Gasteiger partial charge in [0.25, 0.3) is 5.91 Å². The van der Waals surface area contributed by atoms with Crippen molar-refractivity contribution < 1.29 is 14.3 Å². The Morgan fingerprint density at radius 3 is 2.62 bits per heavy atom. The fourth-order valence-corrected chi connectivity index (χ4v) is 3.77. The van der Waals surface area contributed by atoms with Gasteiger partial charge in [0.05, 0.1) is 25.7 Å². The zero-order valence-corrected chi connectivity index (χ0v) is 19.5. The third-order valence-corrected chi connectivity index (χ3v) is 5.53. The second-order valence-electron chi connectivity index (χ2n) is 6.84. The van der Waals surface area contributed by atoms with Crippen molar-refractivity contribution in [2.75, 3.05) is 19.5 Å². The quantitative estimate of drug-likeness (QED) is 0.284. The number of carbonyl (C=O) groups excluding carboxylic acids is 1. The van der Waals surface area contributed by atoms with E-state index in [9.17, 15) is 4.79 Å². The maximum Gasteiger partial charge on any atom is 0.250 e. The second kappa shape index (κ2) is 11.3. The monoisotopic (exact) mass is 453 g/mol. The summed E-state index contributed by atoms with van der Waals surface area (Å²) in [5, 5.41) is 13.3. The van der Waals surface area contributed by atoms with E-state index < -0.39 is 0 Å². The number of carbonyl (C=O) groups is 1. The summed E-state index contributed by atoms with van der Waals surface area (Å²) in [5.74, 6) is 2.01. The molecule has 0 aliphatic rings. The maximum absolute atomic E-state index is 12.2. The first-order chi connectivity index (χ1) is 15.5. The van der Waals surface area contributed by atoms with E-state index >= 15 is 0 Å². The van der Waals surface area contributed by atoms with E-state index in [4.69, 9.17) is 9.47 Å². The number of nitrogens with one attached hydrogen (secondary N) is 1. The van der Waals surface area contributed by atoms with E-state index in [-0.39, 0.29) is 11.7 Å². The van der Waals surface area contributed by atoms with E-state index in [0.29, 0.717) is 29.8 Å². The molecule has 8 nitrogen and oxygen atoms in total. The highest BCUT2D eigenvalue weighted by molar-refractivity contribution is 7.99. The SMILES string of the molecule is CCOc1ccc(C=NNC(=O)CSc2nnc(-c3ccc(C)cc3)n2CC)cc1OC. The number of benzene rings is 2. The first-order valence-electron chi connectivity index (χ1n) is 10.3. The molecule has 0 aliphatic carbocycles. The number of amides is 1. The summed E-state index contributed by atoms with van der Waals surface area (Å²) in [6.07, 6.45) is 1.56. The largest absolute Gasteiger partial charge is 0.493 e. The Kier molecular flexibility index (Phi) is 8.27. The van der Waals surface area contributed by atoms with Crippen molar-refractivity contribution in [1.82, 2.24) is 20.2 Å². The predicted octanol–water partition coefficient (Wildman–Crippen LogP) is 3.92. The molecule has 168 valence electrons. The van der Waals surface area contributed by atoms with Crippen LogP contribution in [-0.2, 0) is 11.3 Å². The van der Waals surface area contributed by atoms with Crippen LogP contribution < -0.4 is 14.9 Å². The summed E-state index contributed by atoms with van der Waals surface area (Å²) in [4.78, 5) is 12.2. The van der Waals surface area contributed by atoms with Crippen molar-refractivity contribution in [1.29, 1.82) is 0 Å². The normalized spacial score (nSPS) is 11.0. The molecule has 1 aromatic heterocycles. The molecule has 0 radical (unpaired) electrons. The molecule has 1 N–H and O–H groups in total. The molecular weight excluding hydrogens is 426 g/mol. The van der Waals surface area contributed by atoms with Gasteiger partial charge < -0.3 is 14.0 Å². The Hall–Kier alpha value is -3.33. The maximum atomic E-state index is 12.2. The fourth-order valence-electron chi connectivity index (χ4n) is 2.98. The van der Waals surface area contributed by atoms with Crippen molar-refractivity contribution in [3.8, 4) is 22.9 Å². The Morgan fingerprint density at radius 1 is 1.16 bits per heavy atom. The molecule has 0 saturated heterocycles. The average Bonchev–Trinajstić information content (AvgIpc) is 3.22. The van der Waals surface area contributed by atoms with Crippen LogP contribution in [0.1, 0.15) is 25.0 Å². The fraction of sp³-hybridized carbons (Fsp3) is 0.304. The standard InChI is InChI=1S/C23H27N5O3S/c1-5-28-22(18-10-7-16(3)8-11-18)26-27-23(28)32-15-21(29)25-24-14-17-9-12-19(31-6-2)20(13-17)30-4/h7-14H,5-6,15H2,1-4H3,(H,25,29). The molecule has 3 aromatic rings. The van der Waals surface area contributed by atoms with Crippen molar-refractivity contribution in [3.63, 3.8) is 0 Å². The van der Waals surface area contributed by atoms with Gasteiger partial charge in [-0.15, -0.1) is 10.2 Å². The Morgan fingerprint density at radius 2 is 1.94 bits per heavy atom. The van der Waals surface area contributed by atoms with Gasteiger partial charge in [-0.25, -0.2) is 5.43 Å². The lowest BCUT2D eigenvalue weighted by atomic mass is 10.1. The highest BCUT2D eigenvalue weighted by Crippen LogP contribution is 2.27. The van der Waals surface area contributed by atoms with Crippen molar-refractivity contribution in [3.05, 3.63) is 53.6 Å². The number of hydrogen-bond donors (Lipinski definition) is 1. The zero-order chi connectivity index (χ0) is 22.9. The highest BCUT2D eigenvalue weighted by atomic mass is 32.2. The molecule has 0 unspecified atom stereocenters. The van der Waals surface area contributed by atoms with Crippen molar-refractivity contribution in [2.24, 2.45) is 5.10 Å². The summed E-state index contributed by atoms with van der Waals surface area (Å²) in [6, 6.07) is 13.6. The highest BCUT2D eigenvalue weighted by Gasteiger charge is 2.14. The minimum atomic E-state index is -0.230. The summed E-state index contributed by atoms with van der Waals surface area (Å²) >= 11 is 1.33. The van der Waals surface area contributed by atoms with Crippen molar-refractivity contribution in [2.45, 2.75) is 32.5 Å². The molecule has 1 amide bonds. The average molecular weight is 454 g/mol. The molecule has 2 aromatic carbocycles. The summed E-state index contributed by atoms with van der Waals surface area (Å²) in [6.45, 7) is 7.24. The van der Waals surface area contributed by atoms with Crippen LogP contribution in [0.5, 0.6) is 11.5 Å². The van der Waals surface area contributed by atoms with E-state index in [1.54, 1.807) is 19.4 Å². The second-order valence-corrected chi connectivity index (χ2v) is 7.78. The number of hydrazone groups is 1. The minimum Gasteiger partial charge on any atom is -0.493 e. The van der Waals surface area contributed by atoms with E-state index in [1.165, 1.54) is 17.3 Å². The number of methoxy groups -OCH3 is 1. The molecular formula is C23H27N5O3S. The van der Waals surface area contributed by atoms with Crippen LogP contribution in [0.2, 0.25) is 0 Å². The van der Waals surface area contributed by atoms with Gasteiger partial charge in [-0.05, 0) is 44.5 Å². The van der Waals surface area contributed by atoms with E-state index in [1.807, 2.05) is 61.7 Å². The Labute approximate surface area is 192 Å². The van der Waals surface area contributed by atoms with Gasteiger partial charge in [0.15, 0.2) is 22.5 Å². The molecule has 0 bridgehead atoms. The zero-order valence-electron chi connectivity index (χ0n) is 18.7. The molecule has 0 fully saturated rings. The first-order valence-corrected chi connectivity index (χ1v) is 11.3. The minimum absolute atomic E-state index is 0.177. The Balaban J connectivity index is 1.58. The van der Waals surface area contributed by atoms with Gasteiger partial charge in [-0.2, -0.15) is 5.10 Å². The Bertz CT molecular complexity index is 1080. The van der Waals surface area contributed by atoms with Gasteiger partial charge >= 0.3 is 0 Å². The molecule has 3 rings (SSSR count). The van der Waals surface area contributed by atoms with Crippen LogP contribution in [-0.4, -0.2) is 46.4 Å². The van der Waals surface area contributed by atoms with Crippen LogP contribution in [0.25, 0.3) is 11.4 Å². The number of nitrogens with zero attached hydrogens (tertiary/aromatic N) is 4. The van der Waals surface area contributed by atoms with Gasteiger partial charge in [-0.3, -0.25) is 4.79 Å². The number of ether oxygens (including phenoxy) is 2. The molecule has 0 aliphatic heterocycles. The lowest BCUT2D eigenvalue weighted by Gasteiger charge is -2.09. The lowest BCUT2D eigenvalue weighted by molar-refractivity contribution is -0.118. The number of rotatable bonds is 10. The molecule has 32 heavy (non-hydrogen) atoms. The topological polar surface area (TPSA) is 90.6 Å². The van der Waals surface area contributed by atoms with Gasteiger partial charge in [0.1, 0.15) is 0 Å². The number of aromatic nitrogens is 3. The molecule has 1 heterocycles. The number of hydrogen-bond acceptors (Lipinski definition) is 7.